The first-order chi connectivity index (χ1) is 15.9. The van der Waals surface area contributed by atoms with E-state index in [1.54, 1.807) is 0 Å². The first-order valence-corrected chi connectivity index (χ1v) is 11.3. The van der Waals surface area contributed by atoms with Crippen LogP contribution in [-0.4, -0.2) is 28.8 Å². The highest BCUT2D eigenvalue weighted by Crippen LogP contribution is 2.25. The highest BCUT2D eigenvalue weighted by atomic mass is 16.4. The molecule has 0 bridgehead atoms. The largest absolute Gasteiger partial charge is 0.481 e. The molecule has 3 rings (SSSR count). The molecule has 0 fully saturated rings. The molecule has 3 aromatic rings. The molecule has 0 aliphatic rings. The highest BCUT2D eigenvalue weighted by molar-refractivity contribution is 5.70. The molecule has 0 heterocycles. The SMILES string of the molecule is Cc1cc(CNCCCC(O)CC(=O)O)ccc1C#Cc1cccc(-c2ccccc2)c1C. The Labute approximate surface area is 196 Å². The molecule has 0 amide bonds. The van der Waals surface area contributed by atoms with Gasteiger partial charge < -0.3 is 15.5 Å². The Morgan fingerprint density at radius 1 is 0.970 bits per heavy atom. The van der Waals surface area contributed by atoms with Crippen LogP contribution in [0.3, 0.4) is 0 Å². The number of aliphatic hydroxyl groups is 1. The quantitative estimate of drug-likeness (QED) is 0.320. The number of rotatable bonds is 9. The van der Waals surface area contributed by atoms with E-state index in [0.717, 1.165) is 36.2 Å². The molecule has 4 heteroatoms. The van der Waals surface area contributed by atoms with Gasteiger partial charge in [0, 0.05) is 17.7 Å². The molecule has 4 nitrogen and oxygen atoms in total. The number of benzene rings is 3. The number of nitrogens with one attached hydrogen (secondary N) is 1. The third kappa shape index (κ3) is 7.32. The van der Waals surface area contributed by atoms with Crippen molar-refractivity contribution in [1.82, 2.24) is 5.32 Å². The average molecular weight is 442 g/mol. The van der Waals surface area contributed by atoms with Gasteiger partial charge in [-0.15, -0.1) is 0 Å². The van der Waals surface area contributed by atoms with Gasteiger partial charge in [0.1, 0.15) is 0 Å². The van der Waals surface area contributed by atoms with Crippen molar-refractivity contribution in [2.75, 3.05) is 6.54 Å². The minimum atomic E-state index is -0.965. The summed E-state index contributed by atoms with van der Waals surface area (Å²) in [6.07, 6.45) is 0.245. The maximum atomic E-state index is 10.6. The number of aliphatic hydroxyl groups excluding tert-OH is 1. The molecule has 0 saturated heterocycles. The predicted molar refractivity (Wildman–Crippen MR) is 133 cm³/mol. The molecular weight excluding hydrogens is 410 g/mol. The molecule has 0 radical (unpaired) electrons. The van der Waals surface area contributed by atoms with Crippen molar-refractivity contribution in [2.45, 2.75) is 45.8 Å². The fraction of sp³-hybridized carbons (Fsp3) is 0.276. The first kappa shape index (κ1) is 24.3. The van der Waals surface area contributed by atoms with E-state index >= 15 is 0 Å². The van der Waals surface area contributed by atoms with E-state index in [9.17, 15) is 9.90 Å². The second kappa shape index (κ2) is 12.0. The van der Waals surface area contributed by atoms with Crippen LogP contribution in [0.1, 0.15) is 47.1 Å². The standard InChI is InChI=1S/C29H31NO3/c1-21-18-23(20-30-17-7-11-27(31)19-29(32)33)13-14-24(21)15-16-25-10-6-12-28(22(25)2)26-8-4-3-5-9-26/h3-6,8-10,12-14,18,27,30-31H,7,11,17,19-20H2,1-2H3,(H,32,33). The van der Waals surface area contributed by atoms with E-state index in [4.69, 9.17) is 5.11 Å². The predicted octanol–water partition coefficient (Wildman–Crippen LogP) is 5.08. The Hall–Kier alpha value is -3.39. The smallest absolute Gasteiger partial charge is 0.305 e. The summed E-state index contributed by atoms with van der Waals surface area (Å²) in [6, 6.07) is 22.9. The van der Waals surface area contributed by atoms with Crippen LogP contribution in [0.25, 0.3) is 11.1 Å². The molecule has 3 N–H and O–H groups in total. The van der Waals surface area contributed by atoms with Crippen molar-refractivity contribution in [3.8, 4) is 23.0 Å². The van der Waals surface area contributed by atoms with Gasteiger partial charge in [-0.25, -0.2) is 0 Å². The molecule has 0 spiro atoms. The minimum absolute atomic E-state index is 0.197. The summed E-state index contributed by atoms with van der Waals surface area (Å²) in [6.45, 7) is 5.65. The second-order valence-electron chi connectivity index (χ2n) is 8.31. The van der Waals surface area contributed by atoms with Crippen LogP contribution in [0.2, 0.25) is 0 Å². The summed E-state index contributed by atoms with van der Waals surface area (Å²) in [5.74, 6) is 5.72. The van der Waals surface area contributed by atoms with Gasteiger partial charge in [-0.2, -0.15) is 0 Å². The van der Waals surface area contributed by atoms with Gasteiger partial charge in [0.05, 0.1) is 12.5 Å². The van der Waals surface area contributed by atoms with Crippen LogP contribution in [0.15, 0.2) is 66.7 Å². The number of hydrogen-bond acceptors (Lipinski definition) is 3. The number of aliphatic carboxylic acids is 1. The minimum Gasteiger partial charge on any atom is -0.481 e. The van der Waals surface area contributed by atoms with E-state index in [1.165, 1.54) is 22.3 Å². The topological polar surface area (TPSA) is 69.6 Å². The number of carboxylic acids is 1. The fourth-order valence-corrected chi connectivity index (χ4v) is 3.81. The summed E-state index contributed by atoms with van der Waals surface area (Å²) in [5.41, 5.74) is 7.94. The van der Waals surface area contributed by atoms with Crippen LogP contribution in [-0.2, 0) is 11.3 Å². The molecule has 1 unspecified atom stereocenters. The molecule has 3 aromatic carbocycles. The summed E-state index contributed by atoms with van der Waals surface area (Å²) in [5, 5.41) is 21.6. The van der Waals surface area contributed by atoms with Crippen molar-refractivity contribution in [2.24, 2.45) is 0 Å². The Kier molecular flexibility index (Phi) is 8.83. The first-order valence-electron chi connectivity index (χ1n) is 11.3. The Morgan fingerprint density at radius 2 is 1.73 bits per heavy atom. The molecule has 33 heavy (non-hydrogen) atoms. The molecular formula is C29H31NO3. The number of carboxylic acid groups (broad SMARTS) is 1. The van der Waals surface area contributed by atoms with Crippen LogP contribution >= 0.6 is 0 Å². The summed E-state index contributed by atoms with van der Waals surface area (Å²) >= 11 is 0. The number of hydrogen-bond donors (Lipinski definition) is 3. The lowest BCUT2D eigenvalue weighted by Crippen LogP contribution is -2.18. The second-order valence-corrected chi connectivity index (χ2v) is 8.31. The molecule has 0 aliphatic heterocycles. The third-order valence-corrected chi connectivity index (χ3v) is 5.67. The van der Waals surface area contributed by atoms with E-state index in [1.807, 2.05) is 6.07 Å². The van der Waals surface area contributed by atoms with Gasteiger partial charge in [-0.3, -0.25) is 4.79 Å². The highest BCUT2D eigenvalue weighted by Gasteiger charge is 2.08. The summed E-state index contributed by atoms with van der Waals surface area (Å²) in [4.78, 5) is 10.6. The van der Waals surface area contributed by atoms with Crippen molar-refractivity contribution in [3.63, 3.8) is 0 Å². The van der Waals surface area contributed by atoms with Crippen molar-refractivity contribution >= 4 is 5.97 Å². The van der Waals surface area contributed by atoms with E-state index in [0.29, 0.717) is 6.42 Å². The molecule has 0 saturated carbocycles. The van der Waals surface area contributed by atoms with Crippen LogP contribution < -0.4 is 5.32 Å². The molecule has 0 aromatic heterocycles. The molecule has 1 atom stereocenters. The zero-order valence-electron chi connectivity index (χ0n) is 19.3. The molecule has 170 valence electrons. The molecule has 0 aliphatic carbocycles. The Morgan fingerprint density at radius 3 is 2.45 bits per heavy atom. The normalized spacial score (nSPS) is 11.5. The maximum Gasteiger partial charge on any atom is 0.305 e. The lowest BCUT2D eigenvalue weighted by Gasteiger charge is -2.09. The van der Waals surface area contributed by atoms with Gasteiger partial charge in [-0.05, 0) is 73.2 Å². The lowest BCUT2D eigenvalue weighted by atomic mass is 9.96. The van der Waals surface area contributed by atoms with Crippen LogP contribution in [0.4, 0.5) is 0 Å². The van der Waals surface area contributed by atoms with Gasteiger partial charge >= 0.3 is 5.97 Å². The number of carbonyl (C=O) groups is 1. The van der Waals surface area contributed by atoms with Gasteiger partial charge in [0.25, 0.3) is 0 Å². The zero-order chi connectivity index (χ0) is 23.6. The van der Waals surface area contributed by atoms with Gasteiger partial charge in [0.15, 0.2) is 0 Å². The van der Waals surface area contributed by atoms with Crippen molar-refractivity contribution < 1.29 is 15.0 Å². The maximum absolute atomic E-state index is 10.6. The van der Waals surface area contributed by atoms with Crippen LogP contribution in [0, 0.1) is 25.7 Å². The van der Waals surface area contributed by atoms with Gasteiger partial charge in [-0.1, -0.05) is 66.4 Å². The summed E-state index contributed by atoms with van der Waals surface area (Å²) in [7, 11) is 0. The monoisotopic (exact) mass is 441 g/mol. The lowest BCUT2D eigenvalue weighted by molar-refractivity contribution is -0.139. The van der Waals surface area contributed by atoms with E-state index in [-0.39, 0.29) is 6.42 Å². The van der Waals surface area contributed by atoms with Crippen LogP contribution in [0.5, 0.6) is 0 Å². The van der Waals surface area contributed by atoms with Crippen molar-refractivity contribution in [3.05, 3.63) is 94.5 Å². The van der Waals surface area contributed by atoms with Crippen molar-refractivity contribution in [1.29, 1.82) is 0 Å². The van der Waals surface area contributed by atoms with E-state index in [2.05, 4.69) is 91.7 Å². The Balaban J connectivity index is 1.59. The zero-order valence-corrected chi connectivity index (χ0v) is 19.3. The van der Waals surface area contributed by atoms with E-state index < -0.39 is 12.1 Å². The number of aryl methyl sites for hydroxylation is 1. The average Bonchev–Trinajstić information content (AvgIpc) is 2.79. The Bertz CT molecular complexity index is 1140. The van der Waals surface area contributed by atoms with Gasteiger partial charge in [0.2, 0.25) is 0 Å². The third-order valence-electron chi connectivity index (χ3n) is 5.67. The summed E-state index contributed by atoms with van der Waals surface area (Å²) < 4.78 is 0. The fourth-order valence-electron chi connectivity index (χ4n) is 3.81.